The van der Waals surface area contributed by atoms with Gasteiger partial charge in [-0.15, -0.1) is 0 Å². The third-order valence-corrected chi connectivity index (χ3v) is 4.21. The van der Waals surface area contributed by atoms with Crippen LogP contribution < -0.4 is 10.6 Å². The summed E-state index contributed by atoms with van der Waals surface area (Å²) in [6, 6.07) is 7.66. The molecule has 4 heteroatoms. The van der Waals surface area contributed by atoms with Gasteiger partial charge in [0, 0.05) is 30.0 Å². The Hall–Kier alpha value is -2.10. The van der Waals surface area contributed by atoms with E-state index in [1.54, 1.807) is 6.20 Å². The van der Waals surface area contributed by atoms with Crippen molar-refractivity contribution in [2.45, 2.75) is 32.1 Å². The number of rotatable bonds is 4. The molecule has 1 heterocycles. The predicted octanol–water partition coefficient (Wildman–Crippen LogP) is 3.94. The Morgan fingerprint density at radius 2 is 2.05 bits per heavy atom. The van der Waals surface area contributed by atoms with Gasteiger partial charge in [0.25, 0.3) is 0 Å². The Morgan fingerprint density at radius 1 is 1.19 bits per heavy atom. The number of hydrogen-bond acceptors (Lipinski definition) is 2. The Morgan fingerprint density at radius 3 is 2.90 bits per heavy atom. The number of carbonyl (C=O) groups is 1. The monoisotopic (exact) mass is 283 g/mol. The number of amides is 2. The summed E-state index contributed by atoms with van der Waals surface area (Å²) >= 11 is 0. The lowest BCUT2D eigenvalue weighted by atomic mass is 10.0. The van der Waals surface area contributed by atoms with Crippen molar-refractivity contribution in [1.82, 2.24) is 10.3 Å². The van der Waals surface area contributed by atoms with Crippen LogP contribution in [0, 0.1) is 5.92 Å². The molecule has 0 spiro atoms. The third kappa shape index (κ3) is 3.72. The average molecular weight is 283 g/mol. The molecule has 0 saturated heterocycles. The van der Waals surface area contributed by atoms with Gasteiger partial charge in [-0.2, -0.15) is 0 Å². The Balaban J connectivity index is 1.50. The molecule has 1 saturated carbocycles. The molecule has 110 valence electrons. The van der Waals surface area contributed by atoms with Crippen LogP contribution in [0.5, 0.6) is 0 Å². The zero-order chi connectivity index (χ0) is 14.5. The number of nitrogens with one attached hydrogen (secondary N) is 2. The van der Waals surface area contributed by atoms with E-state index < -0.39 is 0 Å². The number of anilines is 1. The highest BCUT2D eigenvalue weighted by atomic mass is 16.2. The van der Waals surface area contributed by atoms with Crippen LogP contribution in [-0.4, -0.2) is 17.6 Å². The first kappa shape index (κ1) is 13.9. The van der Waals surface area contributed by atoms with E-state index in [1.165, 1.54) is 25.7 Å². The molecule has 1 aliphatic rings. The second-order valence-electron chi connectivity index (χ2n) is 5.76. The fourth-order valence-electron chi connectivity index (χ4n) is 3.03. The summed E-state index contributed by atoms with van der Waals surface area (Å²) in [5.74, 6) is 0.804. The van der Waals surface area contributed by atoms with Crippen LogP contribution >= 0.6 is 0 Å². The molecular formula is C17H21N3O. The van der Waals surface area contributed by atoms with Crippen molar-refractivity contribution in [3.63, 3.8) is 0 Å². The first-order valence-electron chi connectivity index (χ1n) is 7.70. The summed E-state index contributed by atoms with van der Waals surface area (Å²) in [5, 5.41) is 7.98. The van der Waals surface area contributed by atoms with Crippen LogP contribution in [0.2, 0.25) is 0 Å². The lowest BCUT2D eigenvalue weighted by Gasteiger charge is -2.11. The molecule has 1 aromatic heterocycles. The second kappa shape index (κ2) is 6.57. The number of nitrogens with zero attached hydrogens (tertiary/aromatic N) is 1. The molecule has 0 atom stereocenters. The molecule has 0 radical (unpaired) electrons. The molecule has 0 bridgehead atoms. The molecule has 21 heavy (non-hydrogen) atoms. The van der Waals surface area contributed by atoms with Gasteiger partial charge in [-0.25, -0.2) is 4.79 Å². The summed E-state index contributed by atoms with van der Waals surface area (Å²) in [6.45, 7) is 0.758. The SMILES string of the molecule is O=C(NCCC1CCCC1)Nc1ccc2cnccc2c1. The first-order valence-corrected chi connectivity index (χ1v) is 7.70. The van der Waals surface area contributed by atoms with Crippen molar-refractivity contribution in [1.29, 1.82) is 0 Å². The molecule has 1 fully saturated rings. The molecular weight excluding hydrogens is 262 g/mol. The van der Waals surface area contributed by atoms with E-state index in [4.69, 9.17) is 0 Å². The van der Waals surface area contributed by atoms with E-state index in [9.17, 15) is 4.79 Å². The topological polar surface area (TPSA) is 54.0 Å². The van der Waals surface area contributed by atoms with Crippen LogP contribution in [0.1, 0.15) is 32.1 Å². The zero-order valence-electron chi connectivity index (χ0n) is 12.1. The molecule has 3 rings (SSSR count). The van der Waals surface area contributed by atoms with Gasteiger partial charge in [-0.1, -0.05) is 31.7 Å². The smallest absolute Gasteiger partial charge is 0.319 e. The highest BCUT2D eigenvalue weighted by molar-refractivity contribution is 5.93. The quantitative estimate of drug-likeness (QED) is 0.893. The van der Waals surface area contributed by atoms with Crippen molar-refractivity contribution in [2.24, 2.45) is 5.92 Å². The maximum Gasteiger partial charge on any atom is 0.319 e. The van der Waals surface area contributed by atoms with Crippen molar-refractivity contribution in [3.8, 4) is 0 Å². The minimum atomic E-state index is -0.124. The van der Waals surface area contributed by atoms with Crippen LogP contribution in [0.4, 0.5) is 10.5 Å². The largest absolute Gasteiger partial charge is 0.338 e. The van der Waals surface area contributed by atoms with E-state index in [-0.39, 0.29) is 6.03 Å². The predicted molar refractivity (Wildman–Crippen MR) is 85.3 cm³/mol. The normalized spacial score (nSPS) is 15.2. The molecule has 2 N–H and O–H groups in total. The van der Waals surface area contributed by atoms with Gasteiger partial charge < -0.3 is 10.6 Å². The average Bonchev–Trinajstić information content (AvgIpc) is 3.00. The lowest BCUT2D eigenvalue weighted by molar-refractivity contribution is 0.251. The number of benzene rings is 1. The van der Waals surface area contributed by atoms with Crippen LogP contribution in [0.15, 0.2) is 36.7 Å². The highest BCUT2D eigenvalue weighted by Gasteiger charge is 2.14. The molecule has 0 unspecified atom stereocenters. The second-order valence-corrected chi connectivity index (χ2v) is 5.76. The maximum atomic E-state index is 11.9. The molecule has 2 amide bonds. The van der Waals surface area contributed by atoms with Gasteiger partial charge in [0.15, 0.2) is 0 Å². The fourth-order valence-corrected chi connectivity index (χ4v) is 3.03. The third-order valence-electron chi connectivity index (χ3n) is 4.21. The van der Waals surface area contributed by atoms with Crippen molar-refractivity contribution < 1.29 is 4.79 Å². The Labute approximate surface area is 125 Å². The summed E-state index contributed by atoms with van der Waals surface area (Å²) < 4.78 is 0. The van der Waals surface area contributed by atoms with Gasteiger partial charge >= 0.3 is 6.03 Å². The fraction of sp³-hybridized carbons (Fsp3) is 0.412. The van der Waals surface area contributed by atoms with Crippen LogP contribution in [-0.2, 0) is 0 Å². The number of aromatic nitrogens is 1. The Bertz CT molecular complexity index is 620. The molecule has 1 aromatic carbocycles. The van der Waals surface area contributed by atoms with Gasteiger partial charge in [0.05, 0.1) is 0 Å². The minimum absolute atomic E-state index is 0.124. The van der Waals surface area contributed by atoms with E-state index in [0.717, 1.165) is 35.3 Å². The zero-order valence-corrected chi connectivity index (χ0v) is 12.1. The summed E-state index contributed by atoms with van der Waals surface area (Å²) in [5.41, 5.74) is 0.812. The van der Waals surface area contributed by atoms with Gasteiger partial charge in [-0.05, 0) is 35.9 Å². The molecule has 2 aromatic rings. The van der Waals surface area contributed by atoms with Gasteiger partial charge in [-0.3, -0.25) is 4.98 Å². The van der Waals surface area contributed by atoms with Crippen molar-refractivity contribution in [2.75, 3.05) is 11.9 Å². The summed E-state index contributed by atoms with van der Waals surface area (Å²) in [7, 11) is 0. The minimum Gasteiger partial charge on any atom is -0.338 e. The number of hydrogen-bond donors (Lipinski definition) is 2. The maximum absolute atomic E-state index is 11.9. The summed E-state index contributed by atoms with van der Waals surface area (Å²) in [6.07, 6.45) is 10.0. The number of urea groups is 1. The number of pyridine rings is 1. The highest BCUT2D eigenvalue weighted by Crippen LogP contribution is 2.26. The number of carbonyl (C=O) groups excluding carboxylic acids is 1. The van der Waals surface area contributed by atoms with Crippen LogP contribution in [0.3, 0.4) is 0 Å². The Kier molecular flexibility index (Phi) is 4.34. The first-order chi connectivity index (χ1) is 10.3. The lowest BCUT2D eigenvalue weighted by Crippen LogP contribution is -2.30. The molecule has 1 aliphatic carbocycles. The standard InChI is InChI=1S/C17H21N3O/c21-17(19-10-7-13-3-1-2-4-13)20-16-6-5-15-12-18-9-8-14(15)11-16/h5-6,8-9,11-13H,1-4,7,10H2,(H2,19,20,21). The van der Waals surface area contributed by atoms with Gasteiger partial charge in [0.1, 0.15) is 0 Å². The molecule has 4 nitrogen and oxygen atoms in total. The van der Waals surface area contributed by atoms with E-state index >= 15 is 0 Å². The van der Waals surface area contributed by atoms with E-state index in [2.05, 4.69) is 15.6 Å². The van der Waals surface area contributed by atoms with Gasteiger partial charge in [0.2, 0.25) is 0 Å². The van der Waals surface area contributed by atoms with E-state index in [1.807, 2.05) is 30.5 Å². The van der Waals surface area contributed by atoms with Crippen molar-refractivity contribution >= 4 is 22.5 Å². The molecule has 0 aliphatic heterocycles. The van der Waals surface area contributed by atoms with Crippen molar-refractivity contribution in [3.05, 3.63) is 36.7 Å². The van der Waals surface area contributed by atoms with E-state index in [0.29, 0.717) is 0 Å². The van der Waals surface area contributed by atoms with Crippen LogP contribution in [0.25, 0.3) is 10.8 Å². The number of fused-ring (bicyclic) bond motifs is 1. The summed E-state index contributed by atoms with van der Waals surface area (Å²) in [4.78, 5) is 16.0.